The van der Waals surface area contributed by atoms with Crippen LogP contribution in [0.1, 0.15) is 41.5 Å². The monoisotopic (exact) mass is 639 g/mol. The summed E-state index contributed by atoms with van der Waals surface area (Å²) in [6.45, 7) is 0.285. The van der Waals surface area contributed by atoms with E-state index in [1.807, 2.05) is 0 Å². The van der Waals surface area contributed by atoms with Gasteiger partial charge < -0.3 is 25.0 Å². The molecule has 4 rings (SSSR count). The molecule has 0 amide bonds. The predicted molar refractivity (Wildman–Crippen MR) is 135 cm³/mol. The van der Waals surface area contributed by atoms with Crippen LogP contribution < -0.4 is 10.5 Å². The van der Waals surface area contributed by atoms with Crippen LogP contribution in [0.15, 0.2) is 53.1 Å². The van der Waals surface area contributed by atoms with Crippen LogP contribution in [-0.2, 0) is 17.1 Å². The number of hydrogen-bond acceptors (Lipinski definition) is 6. The number of hydrogen-bond donors (Lipinski definition) is 3. The maximum Gasteiger partial charge on any atom is 0.490 e. The summed E-state index contributed by atoms with van der Waals surface area (Å²) in [4.78, 5) is 14.7. The van der Waals surface area contributed by atoms with Gasteiger partial charge in [-0.1, -0.05) is 23.4 Å². The van der Waals surface area contributed by atoms with Gasteiger partial charge in [-0.15, -0.1) is 0 Å². The minimum atomic E-state index is -5.08. The largest absolute Gasteiger partial charge is 0.490 e. The number of benzene rings is 2. The Kier molecular flexibility index (Phi) is 10.2. The van der Waals surface area contributed by atoms with E-state index in [2.05, 4.69) is 10.1 Å². The van der Waals surface area contributed by atoms with E-state index < -0.39 is 47.4 Å². The minimum Gasteiger partial charge on any atom is -0.489 e. The third kappa shape index (κ3) is 8.87. The lowest BCUT2D eigenvalue weighted by Gasteiger charge is -2.21. The highest BCUT2D eigenvalue weighted by Crippen LogP contribution is 2.39. The SMILES string of the molecule is N=C(N)N1CCC[C@H]1c1nc(-c2ccc(OC/C=C/c3ccc(C(F)(F)F)cc3)c(C(F)(F)F)c2)no1.O=C(O)C(F)(F)F. The predicted octanol–water partition coefficient (Wildman–Crippen LogP) is 6.53. The average Bonchev–Trinajstić information content (AvgIpc) is 3.60. The Balaban J connectivity index is 0.000000676. The average molecular weight is 639 g/mol. The second-order valence-electron chi connectivity index (χ2n) is 9.04. The highest BCUT2D eigenvalue weighted by molar-refractivity contribution is 5.75. The molecule has 9 nitrogen and oxygen atoms in total. The van der Waals surface area contributed by atoms with E-state index in [4.69, 9.17) is 30.3 Å². The van der Waals surface area contributed by atoms with Gasteiger partial charge >= 0.3 is 24.5 Å². The molecule has 1 aliphatic rings. The van der Waals surface area contributed by atoms with Gasteiger partial charge in [-0.05, 0) is 54.8 Å². The van der Waals surface area contributed by atoms with Crippen molar-refractivity contribution in [1.82, 2.24) is 15.0 Å². The van der Waals surface area contributed by atoms with E-state index in [-0.39, 0.29) is 29.8 Å². The molecule has 1 saturated heterocycles. The first kappa shape index (κ1) is 33.7. The smallest absolute Gasteiger partial charge is 0.489 e. The molecule has 18 heteroatoms. The van der Waals surface area contributed by atoms with E-state index in [0.717, 1.165) is 30.7 Å². The van der Waals surface area contributed by atoms with Crippen LogP contribution >= 0.6 is 0 Å². The first-order valence-corrected chi connectivity index (χ1v) is 12.3. The van der Waals surface area contributed by atoms with Crippen molar-refractivity contribution in [2.45, 2.75) is 37.4 Å². The molecule has 3 aromatic rings. The van der Waals surface area contributed by atoms with Crippen molar-refractivity contribution in [3.8, 4) is 17.1 Å². The quantitative estimate of drug-likeness (QED) is 0.157. The summed E-state index contributed by atoms with van der Waals surface area (Å²) in [7, 11) is 0. The first-order valence-electron chi connectivity index (χ1n) is 12.3. The lowest BCUT2D eigenvalue weighted by Crippen LogP contribution is -2.35. The van der Waals surface area contributed by atoms with Crippen LogP contribution in [0.25, 0.3) is 17.5 Å². The third-order valence-electron chi connectivity index (χ3n) is 5.96. The molecular weight excluding hydrogens is 617 g/mol. The molecule has 238 valence electrons. The van der Waals surface area contributed by atoms with E-state index in [9.17, 15) is 39.5 Å². The molecule has 1 atom stereocenters. The lowest BCUT2D eigenvalue weighted by molar-refractivity contribution is -0.192. The number of nitrogens with zero attached hydrogens (tertiary/aromatic N) is 3. The number of aromatic nitrogens is 2. The van der Waals surface area contributed by atoms with Crippen molar-refractivity contribution in [2.24, 2.45) is 5.73 Å². The van der Waals surface area contributed by atoms with Crippen LogP contribution in [0, 0.1) is 5.41 Å². The van der Waals surface area contributed by atoms with Gasteiger partial charge in [-0.3, -0.25) is 5.41 Å². The fourth-order valence-electron chi connectivity index (χ4n) is 3.92. The number of ether oxygens (including phenoxy) is 1. The van der Waals surface area contributed by atoms with E-state index in [1.54, 1.807) is 4.90 Å². The van der Waals surface area contributed by atoms with E-state index >= 15 is 0 Å². The minimum absolute atomic E-state index is 0.0512. The van der Waals surface area contributed by atoms with Crippen molar-refractivity contribution in [3.63, 3.8) is 0 Å². The van der Waals surface area contributed by atoms with Crippen LogP contribution in [-0.4, -0.2) is 51.4 Å². The van der Waals surface area contributed by atoms with Crippen LogP contribution in [0.5, 0.6) is 5.75 Å². The molecule has 0 spiro atoms. The summed E-state index contributed by atoms with van der Waals surface area (Å²) in [5, 5.41) is 18.6. The lowest BCUT2D eigenvalue weighted by atomic mass is 10.1. The number of aliphatic carboxylic acids is 1. The molecule has 1 aromatic heterocycles. The molecule has 0 aliphatic carbocycles. The van der Waals surface area contributed by atoms with Gasteiger partial charge in [-0.25, -0.2) is 4.79 Å². The second kappa shape index (κ2) is 13.3. The Labute approximate surface area is 242 Å². The summed E-state index contributed by atoms with van der Waals surface area (Å²) in [5.74, 6) is -3.24. The summed E-state index contributed by atoms with van der Waals surface area (Å²) >= 11 is 0. The van der Waals surface area contributed by atoms with Crippen LogP contribution in [0.2, 0.25) is 0 Å². The maximum atomic E-state index is 13.7. The van der Waals surface area contributed by atoms with E-state index in [0.29, 0.717) is 18.5 Å². The van der Waals surface area contributed by atoms with Gasteiger partial charge in [0, 0.05) is 12.1 Å². The molecule has 0 radical (unpaired) electrons. The number of rotatable bonds is 6. The fourth-order valence-corrected chi connectivity index (χ4v) is 3.92. The Morgan fingerprint density at radius 1 is 1.07 bits per heavy atom. The number of carboxylic acids is 1. The molecule has 44 heavy (non-hydrogen) atoms. The van der Waals surface area contributed by atoms with Gasteiger partial charge in [-0.2, -0.15) is 44.5 Å². The van der Waals surface area contributed by atoms with Crippen molar-refractivity contribution in [2.75, 3.05) is 13.2 Å². The Bertz CT molecular complexity index is 1480. The molecule has 2 heterocycles. The number of likely N-dealkylation sites (tertiary alicyclic amines) is 1. The number of alkyl halides is 9. The summed E-state index contributed by atoms with van der Waals surface area (Å²) in [5.41, 5.74) is 4.20. The number of halogens is 9. The topological polar surface area (TPSA) is 139 Å². The number of carboxylic acid groups (broad SMARTS) is 1. The van der Waals surface area contributed by atoms with Crippen molar-refractivity contribution in [1.29, 1.82) is 5.41 Å². The zero-order chi connectivity index (χ0) is 32.9. The summed E-state index contributed by atoms with van der Waals surface area (Å²) in [6.07, 6.45) is -10.1. The number of guanidine groups is 1. The fraction of sp³-hybridized carbons (Fsp3) is 0.308. The Morgan fingerprint density at radius 2 is 1.70 bits per heavy atom. The van der Waals surface area contributed by atoms with Crippen molar-refractivity contribution < 1.29 is 58.7 Å². The van der Waals surface area contributed by atoms with Gasteiger partial charge in [0.1, 0.15) is 18.4 Å². The van der Waals surface area contributed by atoms with Crippen LogP contribution in [0.4, 0.5) is 39.5 Å². The van der Waals surface area contributed by atoms with Gasteiger partial charge in [0.2, 0.25) is 11.7 Å². The standard InChI is InChI=1S/C24H21F6N5O2.C2HF3O2/c25-23(26,27)16-8-5-14(6-9-16)3-2-12-36-19-10-7-15(13-17(19)24(28,29)30)20-33-21(37-34-20)18-4-1-11-35(18)22(31)32;3-2(4,5)1(6)7/h2-3,5-10,13,18H,1,4,11-12H2,(H3,31,32);(H,6,7)/b3-2+;/t18-;/m0./s1. The number of nitrogens with two attached hydrogens (primary N) is 1. The van der Waals surface area contributed by atoms with E-state index in [1.165, 1.54) is 30.4 Å². The Hall–Kier alpha value is -4.77. The van der Waals surface area contributed by atoms with Gasteiger partial charge in [0.15, 0.2) is 5.96 Å². The molecule has 2 aromatic carbocycles. The normalized spacial score (nSPS) is 15.7. The number of nitrogens with one attached hydrogen (secondary N) is 1. The highest BCUT2D eigenvalue weighted by atomic mass is 19.4. The molecule has 1 aliphatic heterocycles. The Morgan fingerprint density at radius 3 is 2.25 bits per heavy atom. The second-order valence-corrected chi connectivity index (χ2v) is 9.04. The third-order valence-corrected chi connectivity index (χ3v) is 5.96. The zero-order valence-electron chi connectivity index (χ0n) is 22.1. The molecule has 4 N–H and O–H groups in total. The summed E-state index contributed by atoms with van der Waals surface area (Å²) < 4.78 is 121. The molecule has 1 fully saturated rings. The highest BCUT2D eigenvalue weighted by Gasteiger charge is 2.38. The molecule has 0 saturated carbocycles. The van der Waals surface area contributed by atoms with Gasteiger partial charge in [0.25, 0.3) is 0 Å². The number of carbonyl (C=O) groups is 1. The maximum absolute atomic E-state index is 13.7. The van der Waals surface area contributed by atoms with Gasteiger partial charge in [0.05, 0.1) is 11.1 Å². The van der Waals surface area contributed by atoms with Crippen molar-refractivity contribution >= 4 is 18.0 Å². The zero-order valence-corrected chi connectivity index (χ0v) is 22.1. The summed E-state index contributed by atoms with van der Waals surface area (Å²) in [6, 6.07) is 7.24. The van der Waals surface area contributed by atoms with Crippen molar-refractivity contribution in [3.05, 3.63) is 71.1 Å². The molecule has 0 bridgehead atoms. The molecular formula is C26H22F9N5O4. The molecule has 0 unspecified atom stereocenters. The first-order chi connectivity index (χ1) is 20.4. The van der Waals surface area contributed by atoms with Crippen LogP contribution in [0.3, 0.4) is 0 Å².